The molecular formula is C23H21N3S2. The SMILES string of the molecule is Cc1ccccc1-c1nc(SCc2ccccn2)c2c3c(sc2n1)CCCC3. The van der Waals surface area contributed by atoms with Crippen molar-refractivity contribution in [2.24, 2.45) is 0 Å². The average Bonchev–Trinajstić information content (AvgIpc) is 3.11. The van der Waals surface area contributed by atoms with E-state index in [1.165, 1.54) is 40.7 Å². The predicted molar refractivity (Wildman–Crippen MR) is 118 cm³/mol. The van der Waals surface area contributed by atoms with Crippen molar-refractivity contribution in [3.63, 3.8) is 0 Å². The van der Waals surface area contributed by atoms with Crippen molar-refractivity contribution in [1.29, 1.82) is 0 Å². The molecule has 3 nitrogen and oxygen atoms in total. The molecule has 0 atom stereocenters. The first-order chi connectivity index (χ1) is 13.8. The normalized spacial score (nSPS) is 13.6. The Hall–Kier alpha value is -2.24. The molecule has 1 aliphatic rings. The second-order valence-corrected chi connectivity index (χ2v) is 9.22. The summed E-state index contributed by atoms with van der Waals surface area (Å²) in [6.45, 7) is 2.13. The van der Waals surface area contributed by atoms with E-state index in [1.54, 1.807) is 11.8 Å². The van der Waals surface area contributed by atoms with Gasteiger partial charge in [0, 0.05) is 27.8 Å². The molecule has 0 amide bonds. The van der Waals surface area contributed by atoms with Crippen LogP contribution in [0.2, 0.25) is 0 Å². The zero-order valence-corrected chi connectivity index (χ0v) is 17.4. The van der Waals surface area contributed by atoms with Gasteiger partial charge in [-0.15, -0.1) is 11.3 Å². The lowest BCUT2D eigenvalue weighted by Crippen LogP contribution is -2.00. The Kier molecular flexibility index (Phi) is 4.87. The fourth-order valence-electron chi connectivity index (χ4n) is 3.80. The third kappa shape index (κ3) is 3.33. The van der Waals surface area contributed by atoms with Gasteiger partial charge in [0.15, 0.2) is 5.82 Å². The van der Waals surface area contributed by atoms with Gasteiger partial charge >= 0.3 is 0 Å². The highest BCUT2D eigenvalue weighted by Gasteiger charge is 2.22. The zero-order chi connectivity index (χ0) is 18.9. The summed E-state index contributed by atoms with van der Waals surface area (Å²) in [4.78, 5) is 17.2. The van der Waals surface area contributed by atoms with Gasteiger partial charge in [0.1, 0.15) is 9.86 Å². The minimum Gasteiger partial charge on any atom is -0.260 e. The van der Waals surface area contributed by atoms with E-state index in [4.69, 9.17) is 9.97 Å². The van der Waals surface area contributed by atoms with Crippen LogP contribution in [0.1, 0.15) is 34.5 Å². The van der Waals surface area contributed by atoms with Crippen LogP contribution < -0.4 is 0 Å². The number of aryl methyl sites for hydroxylation is 3. The van der Waals surface area contributed by atoms with Crippen molar-refractivity contribution in [3.8, 4) is 11.4 Å². The van der Waals surface area contributed by atoms with Gasteiger partial charge < -0.3 is 0 Å². The topological polar surface area (TPSA) is 38.7 Å². The molecule has 4 aromatic rings. The summed E-state index contributed by atoms with van der Waals surface area (Å²) < 4.78 is 0. The van der Waals surface area contributed by atoms with Crippen LogP contribution in [0.5, 0.6) is 0 Å². The standard InChI is InChI=1S/C23H21N3S2/c1-15-8-2-3-10-17(15)21-25-22(27-14-16-9-6-7-13-24-16)20-18-11-4-5-12-19(18)28-23(20)26-21/h2-3,6-10,13H,4-5,11-12,14H2,1H3. The molecule has 140 valence electrons. The molecule has 1 aliphatic carbocycles. The molecule has 0 N–H and O–H groups in total. The van der Waals surface area contributed by atoms with Crippen LogP contribution in [0.15, 0.2) is 53.7 Å². The Morgan fingerprint density at radius 2 is 1.86 bits per heavy atom. The molecule has 0 radical (unpaired) electrons. The van der Waals surface area contributed by atoms with E-state index < -0.39 is 0 Å². The van der Waals surface area contributed by atoms with E-state index in [0.717, 1.165) is 39.1 Å². The Balaban J connectivity index is 1.64. The molecule has 0 unspecified atom stereocenters. The Morgan fingerprint density at radius 3 is 2.71 bits per heavy atom. The average molecular weight is 404 g/mol. The fraction of sp³-hybridized carbons (Fsp3) is 0.261. The summed E-state index contributed by atoms with van der Waals surface area (Å²) in [5.41, 5.74) is 4.91. The van der Waals surface area contributed by atoms with E-state index in [1.807, 2.05) is 29.7 Å². The van der Waals surface area contributed by atoms with Crippen LogP contribution >= 0.6 is 23.1 Å². The third-order valence-corrected chi connectivity index (χ3v) is 7.45. The fourth-order valence-corrected chi connectivity index (χ4v) is 6.09. The van der Waals surface area contributed by atoms with Crippen LogP contribution in [0.25, 0.3) is 21.6 Å². The second-order valence-electron chi connectivity index (χ2n) is 7.17. The molecule has 0 bridgehead atoms. The molecule has 3 aromatic heterocycles. The van der Waals surface area contributed by atoms with Gasteiger partial charge in [0.25, 0.3) is 0 Å². The number of thioether (sulfide) groups is 1. The maximum Gasteiger partial charge on any atom is 0.162 e. The molecule has 28 heavy (non-hydrogen) atoms. The number of hydrogen-bond donors (Lipinski definition) is 0. The minimum atomic E-state index is 0.824. The Bertz CT molecular complexity index is 1140. The van der Waals surface area contributed by atoms with Crippen molar-refractivity contribution < 1.29 is 0 Å². The monoisotopic (exact) mass is 403 g/mol. The van der Waals surface area contributed by atoms with E-state index >= 15 is 0 Å². The Labute approximate surface area is 173 Å². The zero-order valence-electron chi connectivity index (χ0n) is 15.8. The van der Waals surface area contributed by atoms with Gasteiger partial charge in [-0.25, -0.2) is 9.97 Å². The summed E-state index contributed by atoms with van der Waals surface area (Å²) in [6, 6.07) is 14.5. The van der Waals surface area contributed by atoms with Crippen LogP contribution in [0.4, 0.5) is 0 Å². The number of pyridine rings is 1. The Morgan fingerprint density at radius 1 is 1.00 bits per heavy atom. The molecule has 0 fully saturated rings. The van der Waals surface area contributed by atoms with Gasteiger partial charge in [-0.3, -0.25) is 4.98 Å². The predicted octanol–water partition coefficient (Wildman–Crippen LogP) is 6.23. The summed E-state index contributed by atoms with van der Waals surface area (Å²) in [6.07, 6.45) is 6.74. The molecule has 0 saturated heterocycles. The first-order valence-electron chi connectivity index (χ1n) is 9.70. The highest BCUT2D eigenvalue weighted by Crippen LogP contribution is 2.41. The van der Waals surface area contributed by atoms with Crippen molar-refractivity contribution >= 4 is 33.3 Å². The molecule has 0 spiro atoms. The van der Waals surface area contributed by atoms with Gasteiger partial charge in [0.05, 0.1) is 5.69 Å². The van der Waals surface area contributed by atoms with E-state index in [2.05, 4.69) is 42.2 Å². The van der Waals surface area contributed by atoms with Crippen molar-refractivity contribution in [1.82, 2.24) is 15.0 Å². The second kappa shape index (κ2) is 7.64. The number of fused-ring (bicyclic) bond motifs is 3. The smallest absolute Gasteiger partial charge is 0.162 e. The van der Waals surface area contributed by atoms with Crippen LogP contribution in [0.3, 0.4) is 0 Å². The number of hydrogen-bond acceptors (Lipinski definition) is 5. The molecule has 5 rings (SSSR count). The number of aromatic nitrogens is 3. The lowest BCUT2D eigenvalue weighted by molar-refractivity contribution is 0.699. The van der Waals surface area contributed by atoms with Crippen molar-refractivity contribution in [3.05, 3.63) is 70.4 Å². The molecular weight excluding hydrogens is 382 g/mol. The van der Waals surface area contributed by atoms with Gasteiger partial charge in [-0.05, 0) is 55.9 Å². The molecule has 0 aliphatic heterocycles. The van der Waals surface area contributed by atoms with Crippen molar-refractivity contribution in [2.75, 3.05) is 0 Å². The van der Waals surface area contributed by atoms with Gasteiger partial charge in [-0.1, -0.05) is 42.1 Å². The minimum absolute atomic E-state index is 0.824. The van der Waals surface area contributed by atoms with E-state index in [9.17, 15) is 0 Å². The van der Waals surface area contributed by atoms with Crippen LogP contribution in [-0.2, 0) is 18.6 Å². The summed E-state index contributed by atoms with van der Waals surface area (Å²) in [5.74, 6) is 1.66. The van der Waals surface area contributed by atoms with E-state index in [-0.39, 0.29) is 0 Å². The molecule has 3 heterocycles. The quantitative estimate of drug-likeness (QED) is 0.299. The first kappa shape index (κ1) is 17.8. The highest BCUT2D eigenvalue weighted by atomic mass is 32.2. The maximum absolute atomic E-state index is 5.06. The first-order valence-corrected chi connectivity index (χ1v) is 11.5. The third-order valence-electron chi connectivity index (χ3n) is 5.25. The van der Waals surface area contributed by atoms with Crippen LogP contribution in [-0.4, -0.2) is 15.0 Å². The van der Waals surface area contributed by atoms with Crippen LogP contribution in [0, 0.1) is 6.92 Å². The largest absolute Gasteiger partial charge is 0.260 e. The maximum atomic E-state index is 5.06. The van der Waals surface area contributed by atoms with Gasteiger partial charge in [0.2, 0.25) is 0 Å². The number of nitrogens with zero attached hydrogens (tertiary/aromatic N) is 3. The van der Waals surface area contributed by atoms with Gasteiger partial charge in [-0.2, -0.15) is 0 Å². The number of benzene rings is 1. The molecule has 5 heteroatoms. The number of thiophene rings is 1. The summed E-state index contributed by atoms with van der Waals surface area (Å²) >= 11 is 3.66. The lowest BCUT2D eigenvalue weighted by Gasteiger charge is -2.12. The summed E-state index contributed by atoms with van der Waals surface area (Å²) in [5, 5.41) is 2.39. The summed E-state index contributed by atoms with van der Waals surface area (Å²) in [7, 11) is 0. The highest BCUT2D eigenvalue weighted by molar-refractivity contribution is 7.98. The number of rotatable bonds is 4. The molecule has 1 aromatic carbocycles. The molecule has 0 saturated carbocycles. The van der Waals surface area contributed by atoms with Crippen molar-refractivity contribution in [2.45, 2.75) is 43.4 Å². The lowest BCUT2D eigenvalue weighted by atomic mass is 9.97. The van der Waals surface area contributed by atoms with E-state index in [0.29, 0.717) is 0 Å².